The van der Waals surface area contributed by atoms with Crippen LogP contribution in [0.4, 0.5) is 26.3 Å². The molecule has 10 rings (SSSR count). The number of hydrogen-bond acceptors (Lipinski definition) is 2. The fraction of sp³-hybridized carbons (Fsp3) is 0.900. The number of likely N-dealkylation sites (tertiary alicyclic amines) is 2. The number of alkyl halides is 6. The van der Waals surface area contributed by atoms with Crippen LogP contribution in [0.15, 0.2) is 0 Å². The average Bonchev–Trinajstić information content (AvgIpc) is 2.94. The molecule has 8 saturated carbocycles. The fourth-order valence-corrected chi connectivity index (χ4v) is 13.0. The zero-order chi connectivity index (χ0) is 20.8. The standard InChI is InChI=1S/C20H16F6N2O2/c21-19(22,23)13(29)27-1-15-5-6(15)10-12-8-7-11(17(12,15)3-27)9(5)18(10)4-28(2-16(7,8)18)14(30)20(24,25)26/h5-12H,1-4H2/t5-,6?,7-,8?,9?,10?,11?,12?,15?,16?,17?,18?/m1/s1. The summed E-state index contributed by atoms with van der Waals surface area (Å²) in [5.74, 6) is -1.45. The maximum atomic E-state index is 13.1. The average molecular weight is 430 g/mol. The number of carbonyl (C=O) groups excluding carboxylic acids is 2. The Balaban J connectivity index is 1.14. The summed E-state index contributed by atoms with van der Waals surface area (Å²) in [5, 5.41) is 0. The van der Waals surface area contributed by atoms with Crippen LogP contribution in [0.3, 0.4) is 0 Å². The van der Waals surface area contributed by atoms with Crippen molar-refractivity contribution in [2.24, 2.45) is 69.0 Å². The van der Waals surface area contributed by atoms with Gasteiger partial charge in [-0.05, 0) is 47.3 Å². The van der Waals surface area contributed by atoms with Gasteiger partial charge >= 0.3 is 24.2 Å². The van der Waals surface area contributed by atoms with Gasteiger partial charge in [-0.25, -0.2) is 0 Å². The number of hydrogen-bond donors (Lipinski definition) is 0. The summed E-state index contributed by atoms with van der Waals surface area (Å²) < 4.78 is 78.7. The van der Waals surface area contributed by atoms with Crippen molar-refractivity contribution in [2.75, 3.05) is 26.2 Å². The molecule has 0 N–H and O–H groups in total. The van der Waals surface area contributed by atoms with Crippen molar-refractivity contribution in [2.45, 2.75) is 12.4 Å². The zero-order valence-corrected chi connectivity index (χ0v) is 15.4. The summed E-state index contributed by atoms with van der Waals surface area (Å²) in [4.78, 5) is 26.1. The Morgan fingerprint density at radius 3 is 0.900 bits per heavy atom. The Morgan fingerprint density at radius 2 is 0.733 bits per heavy atom. The van der Waals surface area contributed by atoms with E-state index in [2.05, 4.69) is 0 Å². The first-order chi connectivity index (χ1) is 13.9. The van der Waals surface area contributed by atoms with Gasteiger partial charge in [0.05, 0.1) is 0 Å². The van der Waals surface area contributed by atoms with Crippen LogP contribution < -0.4 is 0 Å². The Hall–Kier alpha value is -1.48. The summed E-state index contributed by atoms with van der Waals surface area (Å²) in [6, 6.07) is 0. The van der Waals surface area contributed by atoms with E-state index >= 15 is 0 Å². The first-order valence-corrected chi connectivity index (χ1v) is 10.6. The van der Waals surface area contributed by atoms with E-state index in [4.69, 9.17) is 0 Å². The summed E-state index contributed by atoms with van der Waals surface area (Å²) in [6.45, 7) is 0.721. The Bertz CT molecular complexity index is 935. The SMILES string of the molecule is O=C(N1CC23C4C5C6[C@H](C7C2[C@H]2C4C24CN(C(=O)C(F)(F)F)CC574)C63C1)C(F)(F)F. The lowest BCUT2D eigenvalue weighted by atomic mass is 9.60. The van der Waals surface area contributed by atoms with E-state index in [1.807, 2.05) is 0 Å². The molecule has 0 aromatic rings. The van der Waals surface area contributed by atoms with E-state index in [9.17, 15) is 35.9 Å². The maximum Gasteiger partial charge on any atom is 0.471 e. The van der Waals surface area contributed by atoms with Gasteiger partial charge in [-0.1, -0.05) is 0 Å². The summed E-state index contributed by atoms with van der Waals surface area (Å²) in [6.07, 6.45) is -9.73. The van der Waals surface area contributed by atoms with Crippen molar-refractivity contribution >= 4 is 11.8 Å². The fourth-order valence-electron chi connectivity index (χ4n) is 13.0. The minimum atomic E-state index is -4.86. The predicted molar refractivity (Wildman–Crippen MR) is 82.9 cm³/mol. The Morgan fingerprint density at radius 1 is 0.533 bits per heavy atom. The highest BCUT2D eigenvalue weighted by atomic mass is 19.4. The lowest BCUT2D eigenvalue weighted by Crippen LogP contribution is -2.50. The first-order valence-electron chi connectivity index (χ1n) is 10.6. The molecule has 4 spiro atoms. The van der Waals surface area contributed by atoms with Gasteiger partial charge in [0.1, 0.15) is 0 Å². The Labute approximate surface area is 165 Å². The zero-order valence-electron chi connectivity index (χ0n) is 15.4. The molecular formula is C20H16F6N2O2. The largest absolute Gasteiger partial charge is 0.471 e. The van der Waals surface area contributed by atoms with Crippen LogP contribution >= 0.6 is 0 Å². The van der Waals surface area contributed by atoms with Gasteiger partial charge in [0.25, 0.3) is 0 Å². The van der Waals surface area contributed by atoms with Gasteiger partial charge < -0.3 is 9.80 Å². The molecule has 0 bridgehead atoms. The van der Waals surface area contributed by atoms with Gasteiger partial charge in [-0.3, -0.25) is 9.59 Å². The van der Waals surface area contributed by atoms with E-state index in [-0.39, 0.29) is 95.2 Å². The highest BCUT2D eigenvalue weighted by Crippen LogP contribution is 3.15. The quantitative estimate of drug-likeness (QED) is 0.550. The molecule has 2 amide bonds. The first kappa shape index (κ1) is 16.2. The Kier molecular flexibility index (Phi) is 1.88. The lowest BCUT2D eigenvalue weighted by molar-refractivity contribution is -0.186. The molecule has 0 unspecified atom stereocenters. The van der Waals surface area contributed by atoms with Crippen molar-refractivity contribution in [3.63, 3.8) is 0 Å². The second-order valence-electron chi connectivity index (χ2n) is 11.7. The number of nitrogens with zero attached hydrogens (tertiary/aromatic N) is 2. The number of amides is 2. The molecule has 160 valence electrons. The topological polar surface area (TPSA) is 40.6 Å². The molecule has 0 atom stereocenters. The van der Waals surface area contributed by atoms with Gasteiger partial charge in [0.2, 0.25) is 0 Å². The third-order valence-corrected chi connectivity index (χ3v) is 12.2. The highest BCUT2D eigenvalue weighted by molar-refractivity contribution is 5.84. The minimum Gasteiger partial charge on any atom is -0.334 e. The predicted octanol–water partition coefficient (Wildman–Crippen LogP) is 1.77. The highest BCUT2D eigenvalue weighted by Gasteiger charge is 3.15. The monoisotopic (exact) mass is 430 g/mol. The molecule has 0 aromatic heterocycles. The van der Waals surface area contributed by atoms with Gasteiger partial charge in [0.15, 0.2) is 0 Å². The third kappa shape index (κ3) is 0.983. The van der Waals surface area contributed by atoms with E-state index < -0.39 is 24.2 Å². The van der Waals surface area contributed by atoms with E-state index in [1.165, 1.54) is 0 Å². The third-order valence-electron chi connectivity index (χ3n) is 12.2. The molecule has 10 heteroatoms. The molecule has 4 nitrogen and oxygen atoms in total. The normalized spacial score (nSPS) is 65.1. The van der Waals surface area contributed by atoms with Gasteiger partial charge in [-0.15, -0.1) is 0 Å². The molecule has 10 fully saturated rings. The summed E-state index contributed by atoms with van der Waals surface area (Å²) in [7, 11) is 0. The molecule has 10 aliphatic rings. The molecule has 0 aromatic carbocycles. The second kappa shape index (κ2) is 3.49. The number of carbonyl (C=O) groups is 2. The summed E-state index contributed by atoms with van der Waals surface area (Å²) in [5.41, 5.74) is -0.892. The van der Waals surface area contributed by atoms with Gasteiger partial charge in [0, 0.05) is 47.8 Å². The van der Waals surface area contributed by atoms with E-state index in [0.29, 0.717) is 0 Å². The van der Waals surface area contributed by atoms with Crippen LogP contribution in [-0.2, 0) is 9.59 Å². The number of halogens is 6. The molecule has 0 radical (unpaired) electrons. The smallest absolute Gasteiger partial charge is 0.334 e. The molecule has 2 heterocycles. The second-order valence-corrected chi connectivity index (χ2v) is 11.7. The molecular weight excluding hydrogens is 414 g/mol. The van der Waals surface area contributed by atoms with Crippen molar-refractivity contribution in [3.05, 3.63) is 0 Å². The van der Waals surface area contributed by atoms with Crippen molar-refractivity contribution in [3.8, 4) is 0 Å². The van der Waals surface area contributed by atoms with E-state index in [0.717, 1.165) is 9.80 Å². The van der Waals surface area contributed by atoms with Crippen LogP contribution in [-0.4, -0.2) is 60.1 Å². The van der Waals surface area contributed by atoms with Gasteiger partial charge in [-0.2, -0.15) is 26.3 Å². The number of rotatable bonds is 0. The van der Waals surface area contributed by atoms with Crippen LogP contribution in [0.25, 0.3) is 0 Å². The molecule has 30 heavy (non-hydrogen) atoms. The van der Waals surface area contributed by atoms with Crippen LogP contribution in [0.2, 0.25) is 0 Å². The minimum absolute atomic E-state index is 0.175. The van der Waals surface area contributed by atoms with Crippen molar-refractivity contribution < 1.29 is 35.9 Å². The van der Waals surface area contributed by atoms with Crippen LogP contribution in [0.1, 0.15) is 0 Å². The maximum absolute atomic E-state index is 13.1. The van der Waals surface area contributed by atoms with Crippen LogP contribution in [0, 0.1) is 69.0 Å². The molecule has 8 aliphatic carbocycles. The van der Waals surface area contributed by atoms with E-state index in [1.54, 1.807) is 0 Å². The van der Waals surface area contributed by atoms with Crippen molar-refractivity contribution in [1.82, 2.24) is 9.80 Å². The molecule has 2 aliphatic heterocycles. The lowest BCUT2D eigenvalue weighted by Gasteiger charge is -2.45. The molecule has 2 saturated heterocycles. The summed E-state index contributed by atoms with van der Waals surface area (Å²) >= 11 is 0. The van der Waals surface area contributed by atoms with Crippen molar-refractivity contribution in [1.29, 1.82) is 0 Å². The van der Waals surface area contributed by atoms with Crippen LogP contribution in [0.5, 0.6) is 0 Å².